The van der Waals surface area contributed by atoms with Gasteiger partial charge >= 0.3 is 0 Å². The molecule has 0 saturated heterocycles. The van der Waals surface area contributed by atoms with E-state index in [-0.39, 0.29) is 23.9 Å². The number of halogens is 1. The zero-order valence-electron chi connectivity index (χ0n) is 16.4. The van der Waals surface area contributed by atoms with Gasteiger partial charge in [0.15, 0.2) is 6.29 Å². The molecule has 0 aliphatic rings. The first-order valence-electron chi connectivity index (χ1n) is 9.21. The molecule has 0 saturated carbocycles. The first-order chi connectivity index (χ1) is 13.9. The van der Waals surface area contributed by atoms with Crippen molar-refractivity contribution in [3.63, 3.8) is 0 Å². The molecule has 158 valence electrons. The maximum absolute atomic E-state index is 12.3. The van der Waals surface area contributed by atoms with Crippen molar-refractivity contribution >= 4 is 31.9 Å². The molecule has 29 heavy (non-hydrogen) atoms. The van der Waals surface area contributed by atoms with E-state index in [1.165, 1.54) is 12.1 Å². The summed E-state index contributed by atoms with van der Waals surface area (Å²) in [6, 6.07) is 13.1. The molecule has 9 heteroatoms. The van der Waals surface area contributed by atoms with E-state index in [2.05, 4.69) is 26.0 Å². The van der Waals surface area contributed by atoms with Crippen LogP contribution < -0.4 is 10.0 Å². The highest BCUT2D eigenvalue weighted by Crippen LogP contribution is 2.15. The number of rotatable bonds is 11. The third-order valence-corrected chi connectivity index (χ3v) is 5.89. The molecular formula is C20H25BrN2O5S. The molecule has 2 aromatic carbocycles. The summed E-state index contributed by atoms with van der Waals surface area (Å²) in [5, 5.41) is 2.77. The van der Waals surface area contributed by atoms with Gasteiger partial charge in [-0.1, -0.05) is 28.1 Å². The summed E-state index contributed by atoms with van der Waals surface area (Å²) in [7, 11) is -3.61. The minimum absolute atomic E-state index is 0.122. The molecule has 0 spiro atoms. The van der Waals surface area contributed by atoms with Gasteiger partial charge in [-0.15, -0.1) is 0 Å². The highest BCUT2D eigenvalue weighted by Gasteiger charge is 2.14. The monoisotopic (exact) mass is 484 g/mol. The van der Waals surface area contributed by atoms with Crippen molar-refractivity contribution in [2.75, 3.05) is 19.8 Å². The van der Waals surface area contributed by atoms with Gasteiger partial charge in [-0.25, -0.2) is 13.1 Å². The second-order valence-corrected chi connectivity index (χ2v) is 8.71. The lowest BCUT2D eigenvalue weighted by molar-refractivity contribution is -0.131. The van der Waals surface area contributed by atoms with Crippen LogP contribution in [-0.4, -0.2) is 40.4 Å². The first kappa shape index (κ1) is 23.5. The fraction of sp³-hybridized carbons (Fsp3) is 0.350. The summed E-state index contributed by atoms with van der Waals surface area (Å²) in [6.07, 6.45) is -0.485. The van der Waals surface area contributed by atoms with Crippen molar-refractivity contribution in [2.45, 2.75) is 31.6 Å². The maximum Gasteiger partial charge on any atom is 0.251 e. The Hall–Kier alpha value is -1.78. The summed E-state index contributed by atoms with van der Waals surface area (Å²) in [6.45, 7) is 5.07. The van der Waals surface area contributed by atoms with Crippen molar-refractivity contribution in [2.24, 2.45) is 0 Å². The quantitative estimate of drug-likeness (QED) is 0.478. The zero-order chi connectivity index (χ0) is 21.3. The Labute approximate surface area is 180 Å². The number of benzene rings is 2. The summed E-state index contributed by atoms with van der Waals surface area (Å²) in [5.74, 6) is -0.253. The second kappa shape index (κ2) is 11.4. The van der Waals surface area contributed by atoms with Crippen LogP contribution >= 0.6 is 15.9 Å². The molecular weight excluding hydrogens is 460 g/mol. The van der Waals surface area contributed by atoms with Gasteiger partial charge in [0.05, 0.1) is 11.4 Å². The Morgan fingerprint density at radius 1 is 1.00 bits per heavy atom. The van der Waals surface area contributed by atoms with Gasteiger partial charge in [-0.2, -0.15) is 0 Å². The van der Waals surface area contributed by atoms with Crippen LogP contribution in [0.1, 0.15) is 29.8 Å². The Kier molecular flexibility index (Phi) is 9.25. The average molecular weight is 485 g/mol. The van der Waals surface area contributed by atoms with Crippen LogP contribution in [-0.2, 0) is 26.0 Å². The van der Waals surface area contributed by atoms with Crippen molar-refractivity contribution in [3.05, 3.63) is 64.1 Å². The van der Waals surface area contributed by atoms with Crippen molar-refractivity contribution in [1.29, 1.82) is 0 Å². The van der Waals surface area contributed by atoms with Crippen LogP contribution in [0.4, 0.5) is 0 Å². The highest BCUT2D eigenvalue weighted by atomic mass is 79.9. The van der Waals surface area contributed by atoms with E-state index in [4.69, 9.17) is 9.47 Å². The van der Waals surface area contributed by atoms with Crippen molar-refractivity contribution in [3.8, 4) is 0 Å². The van der Waals surface area contributed by atoms with Gasteiger partial charge in [0.2, 0.25) is 10.0 Å². The maximum atomic E-state index is 12.3. The summed E-state index contributed by atoms with van der Waals surface area (Å²) >= 11 is 3.28. The minimum atomic E-state index is -3.61. The molecule has 2 rings (SSSR count). The van der Waals surface area contributed by atoms with Gasteiger partial charge in [0.25, 0.3) is 5.91 Å². The van der Waals surface area contributed by atoms with E-state index < -0.39 is 16.3 Å². The predicted octanol–water partition coefficient (Wildman–Crippen LogP) is 3.06. The Morgan fingerprint density at radius 2 is 1.59 bits per heavy atom. The van der Waals surface area contributed by atoms with E-state index in [1.807, 2.05) is 13.8 Å². The number of sulfonamides is 1. The average Bonchev–Trinajstić information content (AvgIpc) is 2.71. The van der Waals surface area contributed by atoms with E-state index in [9.17, 15) is 13.2 Å². The molecule has 0 atom stereocenters. The van der Waals surface area contributed by atoms with E-state index in [0.29, 0.717) is 18.8 Å². The number of carbonyl (C=O) groups is 1. The van der Waals surface area contributed by atoms with Gasteiger partial charge in [0, 0.05) is 29.8 Å². The summed E-state index contributed by atoms with van der Waals surface area (Å²) in [5.41, 5.74) is 1.21. The molecule has 0 bridgehead atoms. The van der Waals surface area contributed by atoms with Gasteiger partial charge in [-0.05, 0) is 55.8 Å². The number of hydrogen-bond acceptors (Lipinski definition) is 5. The molecule has 2 N–H and O–H groups in total. The van der Waals surface area contributed by atoms with Gasteiger partial charge < -0.3 is 14.8 Å². The predicted molar refractivity (Wildman–Crippen MR) is 114 cm³/mol. The fourth-order valence-corrected chi connectivity index (χ4v) is 3.75. The van der Waals surface area contributed by atoms with E-state index in [1.54, 1.807) is 36.4 Å². The standard InChI is InChI=1S/C20H25BrN2O5S/c1-3-27-19(28-4-2)14-22-20(24)16-7-5-15(6-8-16)13-23-29(25,26)18-11-9-17(21)10-12-18/h5-12,19,23H,3-4,13-14H2,1-2H3,(H,22,24). The summed E-state index contributed by atoms with van der Waals surface area (Å²) < 4.78 is 38.8. The summed E-state index contributed by atoms with van der Waals surface area (Å²) in [4.78, 5) is 12.5. The second-order valence-electron chi connectivity index (χ2n) is 6.03. The lowest BCUT2D eigenvalue weighted by Gasteiger charge is -2.17. The molecule has 0 aromatic heterocycles. The number of ether oxygens (including phenoxy) is 2. The third-order valence-electron chi connectivity index (χ3n) is 3.94. The Bertz CT molecular complexity index is 880. The molecule has 0 heterocycles. The topological polar surface area (TPSA) is 93.7 Å². The van der Waals surface area contributed by atoms with Crippen LogP contribution in [0.5, 0.6) is 0 Å². The smallest absolute Gasteiger partial charge is 0.251 e. The molecule has 7 nitrogen and oxygen atoms in total. The van der Waals surface area contributed by atoms with Crippen LogP contribution in [0, 0.1) is 0 Å². The van der Waals surface area contributed by atoms with Crippen molar-refractivity contribution < 1.29 is 22.7 Å². The van der Waals surface area contributed by atoms with E-state index >= 15 is 0 Å². The zero-order valence-corrected chi connectivity index (χ0v) is 18.8. The molecule has 0 aliphatic carbocycles. The van der Waals surface area contributed by atoms with Crippen LogP contribution in [0.2, 0.25) is 0 Å². The van der Waals surface area contributed by atoms with Crippen LogP contribution in [0.25, 0.3) is 0 Å². The van der Waals surface area contributed by atoms with Crippen LogP contribution in [0.15, 0.2) is 57.9 Å². The molecule has 1 amide bonds. The Morgan fingerprint density at radius 3 is 2.14 bits per heavy atom. The molecule has 0 fully saturated rings. The number of carbonyl (C=O) groups excluding carboxylic acids is 1. The molecule has 0 radical (unpaired) electrons. The fourth-order valence-electron chi connectivity index (χ4n) is 2.47. The molecule has 2 aromatic rings. The third kappa shape index (κ3) is 7.52. The van der Waals surface area contributed by atoms with Crippen molar-refractivity contribution in [1.82, 2.24) is 10.0 Å². The largest absolute Gasteiger partial charge is 0.351 e. The van der Waals surface area contributed by atoms with E-state index in [0.717, 1.165) is 10.0 Å². The lowest BCUT2D eigenvalue weighted by Crippen LogP contribution is -2.35. The highest BCUT2D eigenvalue weighted by molar-refractivity contribution is 9.10. The normalized spacial score (nSPS) is 11.6. The number of hydrogen-bond donors (Lipinski definition) is 2. The minimum Gasteiger partial charge on any atom is -0.351 e. The Balaban J connectivity index is 1.90. The number of amides is 1. The SMILES string of the molecule is CCOC(CNC(=O)c1ccc(CNS(=O)(=O)c2ccc(Br)cc2)cc1)OCC. The lowest BCUT2D eigenvalue weighted by atomic mass is 10.1. The number of nitrogens with one attached hydrogen (secondary N) is 2. The molecule has 0 unspecified atom stereocenters. The first-order valence-corrected chi connectivity index (χ1v) is 11.5. The van der Waals surface area contributed by atoms with Gasteiger partial charge in [-0.3, -0.25) is 4.79 Å². The van der Waals surface area contributed by atoms with Crippen LogP contribution in [0.3, 0.4) is 0 Å². The van der Waals surface area contributed by atoms with Gasteiger partial charge in [0.1, 0.15) is 0 Å². The molecule has 0 aliphatic heterocycles.